The molecule has 2 bridgehead atoms. The number of H-pyrrole nitrogens is 1. The number of aliphatic carboxylic acids is 1. The molecule has 246 valence electrons. The molecule has 5 rings (SSSR count). The highest BCUT2D eigenvalue weighted by molar-refractivity contribution is 8.02. The number of benzene rings is 2. The van der Waals surface area contributed by atoms with Crippen molar-refractivity contribution in [1.82, 2.24) is 9.97 Å². The largest absolute Gasteiger partial charge is 0.481 e. The Bertz CT molecular complexity index is 1880. The Morgan fingerprint density at radius 3 is 2.70 bits per heavy atom. The maximum Gasteiger partial charge on any atom is 0.303 e. The number of hydrogen-bond acceptors (Lipinski definition) is 6. The van der Waals surface area contributed by atoms with Gasteiger partial charge in [0.1, 0.15) is 11.5 Å². The molecule has 11 heteroatoms. The number of aryl methyl sites for hydroxylation is 1. The lowest BCUT2D eigenvalue weighted by Crippen LogP contribution is -2.40. The Kier molecular flexibility index (Phi) is 10.6. The number of nitrogens with one attached hydrogen (secondary N) is 1. The van der Waals surface area contributed by atoms with Crippen LogP contribution >= 0.6 is 23.5 Å². The summed E-state index contributed by atoms with van der Waals surface area (Å²) in [6.45, 7) is 6.50. The highest BCUT2D eigenvalue weighted by Gasteiger charge is 2.33. The smallest absolute Gasteiger partial charge is 0.303 e. The second-order valence-corrected chi connectivity index (χ2v) is 14.7. The number of pyridine rings is 1. The van der Waals surface area contributed by atoms with Gasteiger partial charge in [-0.15, -0.1) is 11.8 Å². The molecule has 4 aromatic rings. The second kappa shape index (κ2) is 14.4. The number of aliphatic imine (C=N–C) groups is 2. The van der Waals surface area contributed by atoms with E-state index in [9.17, 15) is 9.90 Å². The van der Waals surface area contributed by atoms with Crippen molar-refractivity contribution in [3.05, 3.63) is 94.3 Å². The van der Waals surface area contributed by atoms with Crippen LogP contribution < -0.4 is 5.73 Å². The topological polar surface area (TPSA) is 117 Å². The summed E-state index contributed by atoms with van der Waals surface area (Å²) in [5.74, 6) is -1.21. The first-order chi connectivity index (χ1) is 22.4. The van der Waals surface area contributed by atoms with Crippen molar-refractivity contribution in [2.75, 3.05) is 12.8 Å². The molecule has 1 aliphatic rings. The third kappa shape index (κ3) is 7.79. The van der Waals surface area contributed by atoms with Gasteiger partial charge in [0.2, 0.25) is 0 Å². The molecule has 4 N–H and O–H groups in total. The molecule has 47 heavy (non-hydrogen) atoms. The van der Waals surface area contributed by atoms with E-state index in [4.69, 9.17) is 10.7 Å². The molecule has 0 amide bonds. The predicted octanol–water partition coefficient (Wildman–Crippen LogP) is 8.62. The van der Waals surface area contributed by atoms with E-state index in [1.165, 1.54) is 0 Å². The highest BCUT2D eigenvalue weighted by atomic mass is 32.2. The summed E-state index contributed by atoms with van der Waals surface area (Å²) in [5.41, 5.74) is 9.20. The molecular weight excluding hydrogens is 637 g/mol. The van der Waals surface area contributed by atoms with Crippen molar-refractivity contribution in [2.45, 2.75) is 68.1 Å². The number of carboxylic acids is 1. The summed E-state index contributed by atoms with van der Waals surface area (Å²) in [7, 11) is 1.61. The van der Waals surface area contributed by atoms with E-state index < -0.39 is 23.0 Å². The molecule has 2 aromatic heterocycles. The van der Waals surface area contributed by atoms with Gasteiger partial charge in [0, 0.05) is 52.9 Å². The summed E-state index contributed by atoms with van der Waals surface area (Å²) in [5, 5.41) is 11.8. The zero-order chi connectivity index (χ0) is 33.8. The number of carbonyl (C=O) groups is 1. The molecule has 1 aliphatic heterocycles. The van der Waals surface area contributed by atoms with E-state index in [0.29, 0.717) is 46.1 Å². The van der Waals surface area contributed by atoms with Crippen LogP contribution in [0.1, 0.15) is 68.8 Å². The molecule has 1 atom stereocenters. The molecule has 3 heterocycles. The van der Waals surface area contributed by atoms with Crippen LogP contribution in [0.3, 0.4) is 0 Å². The summed E-state index contributed by atoms with van der Waals surface area (Å²) in [6.07, 6.45) is 7.98. The molecule has 0 saturated heterocycles. The number of nitrogens with two attached hydrogens (primary N) is 1. The highest BCUT2D eigenvalue weighted by Crippen LogP contribution is 2.40. The van der Waals surface area contributed by atoms with Crippen LogP contribution in [0.4, 0.5) is 8.78 Å². The zero-order valence-electron chi connectivity index (χ0n) is 26.9. The van der Waals surface area contributed by atoms with E-state index in [0.717, 1.165) is 41.5 Å². The van der Waals surface area contributed by atoms with Crippen LogP contribution in [-0.4, -0.2) is 45.5 Å². The molecule has 0 spiro atoms. The van der Waals surface area contributed by atoms with Crippen LogP contribution in [0.5, 0.6) is 0 Å². The van der Waals surface area contributed by atoms with Gasteiger partial charge in [0.05, 0.1) is 10.4 Å². The Balaban J connectivity index is 1.61. The first-order valence-corrected chi connectivity index (χ1v) is 17.3. The minimum absolute atomic E-state index is 0.0355. The van der Waals surface area contributed by atoms with Gasteiger partial charge in [-0.25, -0.2) is 13.8 Å². The number of nitrogens with zero attached hydrogens (tertiary/aromatic N) is 3. The third-order valence-electron chi connectivity index (χ3n) is 8.60. The maximum absolute atomic E-state index is 15.7. The van der Waals surface area contributed by atoms with Gasteiger partial charge < -0.3 is 15.8 Å². The lowest BCUT2D eigenvalue weighted by Gasteiger charge is -2.32. The SMILES string of the molecule is CN=C1N=C(N)[C@@](C)(c2cccc(CCC(=O)O)c2)CCCC(C)(C)CS/C=C/c2c(c(F)c(F)c3[nH]ccc23)Sc2ccnc1c2. The number of carboxylic acid groups (broad SMARTS) is 1. The molecule has 0 saturated carbocycles. The maximum atomic E-state index is 15.7. The van der Waals surface area contributed by atoms with E-state index in [1.807, 2.05) is 35.7 Å². The van der Waals surface area contributed by atoms with Gasteiger partial charge in [-0.3, -0.25) is 14.8 Å². The Hall–Kier alpha value is -3.96. The lowest BCUT2D eigenvalue weighted by atomic mass is 9.75. The Labute approximate surface area is 282 Å². The Morgan fingerprint density at radius 2 is 1.94 bits per heavy atom. The van der Waals surface area contributed by atoms with Crippen LogP contribution in [0.25, 0.3) is 17.0 Å². The quantitative estimate of drug-likeness (QED) is 0.200. The van der Waals surface area contributed by atoms with Gasteiger partial charge in [-0.05, 0) is 72.4 Å². The van der Waals surface area contributed by atoms with Crippen molar-refractivity contribution in [2.24, 2.45) is 21.1 Å². The molecule has 0 fully saturated rings. The van der Waals surface area contributed by atoms with E-state index >= 15 is 8.78 Å². The Morgan fingerprint density at radius 1 is 1.13 bits per heavy atom. The summed E-state index contributed by atoms with van der Waals surface area (Å²) in [6, 6.07) is 13.1. The van der Waals surface area contributed by atoms with Crippen LogP contribution in [0.2, 0.25) is 0 Å². The van der Waals surface area contributed by atoms with Gasteiger partial charge in [0.15, 0.2) is 17.5 Å². The van der Waals surface area contributed by atoms with Gasteiger partial charge in [0.25, 0.3) is 0 Å². The molecule has 7 nitrogen and oxygen atoms in total. The summed E-state index contributed by atoms with van der Waals surface area (Å²) in [4.78, 5) is 28.7. The number of amidine groups is 2. The minimum Gasteiger partial charge on any atom is -0.481 e. The first-order valence-electron chi connectivity index (χ1n) is 15.4. The standard InChI is InChI=1S/C36H39F2N5O2S2/c1-35(2)14-6-15-36(3,23-8-5-7-22(19-23)9-10-28(44)45)34(39)43-33(40-4)27-20-24(11-16-41-27)47-32-26(13-18-46-21-35)25-12-17-42-31(25)29(37)30(32)38/h5,7-8,11-13,16-20,42H,6,9-10,14-15,21H2,1-4H3,(H,44,45)(H2,39,40,43)/b18-13+/t36-/m1/s1. The first kappa shape index (κ1) is 34.4. The van der Waals surface area contributed by atoms with Crippen molar-refractivity contribution in [3.8, 4) is 0 Å². The number of thioether (sulfide) groups is 1. The second-order valence-electron chi connectivity index (χ2n) is 12.7. The van der Waals surface area contributed by atoms with Crippen LogP contribution in [-0.2, 0) is 16.6 Å². The fourth-order valence-electron chi connectivity index (χ4n) is 5.79. The van der Waals surface area contributed by atoms with Crippen molar-refractivity contribution >= 4 is 58.1 Å². The molecule has 0 unspecified atom stereocenters. The number of halogens is 2. The fraction of sp³-hybridized carbons (Fsp3) is 0.333. The number of fused-ring (bicyclic) bond motifs is 5. The number of rotatable bonds is 4. The van der Waals surface area contributed by atoms with E-state index in [1.54, 1.807) is 49.4 Å². The monoisotopic (exact) mass is 675 g/mol. The van der Waals surface area contributed by atoms with Crippen molar-refractivity contribution in [1.29, 1.82) is 0 Å². The van der Waals surface area contributed by atoms with Crippen LogP contribution in [0, 0.1) is 17.0 Å². The van der Waals surface area contributed by atoms with Gasteiger partial charge in [-0.1, -0.05) is 56.3 Å². The predicted molar refractivity (Wildman–Crippen MR) is 190 cm³/mol. The normalized spacial score (nSPS) is 20.6. The number of hydrogen-bond donors (Lipinski definition) is 3. The van der Waals surface area contributed by atoms with Gasteiger partial charge in [-0.2, -0.15) is 0 Å². The average molecular weight is 676 g/mol. The fourth-order valence-corrected chi connectivity index (χ4v) is 7.72. The summed E-state index contributed by atoms with van der Waals surface area (Å²) >= 11 is 2.76. The lowest BCUT2D eigenvalue weighted by molar-refractivity contribution is -0.136. The van der Waals surface area contributed by atoms with Crippen LogP contribution in [0.15, 0.2) is 80.0 Å². The minimum atomic E-state index is -0.922. The van der Waals surface area contributed by atoms with E-state index in [2.05, 4.69) is 35.7 Å². The number of aromatic amines is 1. The zero-order valence-corrected chi connectivity index (χ0v) is 28.6. The molecular formula is C36H39F2N5O2S2. The molecule has 0 radical (unpaired) electrons. The molecule has 2 aromatic carbocycles. The molecule has 0 aliphatic carbocycles. The average Bonchev–Trinajstić information content (AvgIpc) is 3.54. The number of aromatic nitrogens is 2. The third-order valence-corrected chi connectivity index (χ3v) is 11.0. The van der Waals surface area contributed by atoms with Crippen molar-refractivity contribution < 1.29 is 18.7 Å². The summed E-state index contributed by atoms with van der Waals surface area (Å²) < 4.78 is 30.9. The van der Waals surface area contributed by atoms with E-state index in [-0.39, 0.29) is 22.2 Å². The van der Waals surface area contributed by atoms with Crippen molar-refractivity contribution in [3.63, 3.8) is 0 Å². The van der Waals surface area contributed by atoms with Gasteiger partial charge >= 0.3 is 5.97 Å².